The van der Waals surface area contributed by atoms with Crippen molar-refractivity contribution in [1.29, 1.82) is 0 Å². The number of hydrogen-bond donors (Lipinski definition) is 2. The van der Waals surface area contributed by atoms with Crippen LogP contribution in [-0.4, -0.2) is 44.6 Å². The van der Waals surface area contributed by atoms with Gasteiger partial charge in [0.1, 0.15) is 12.0 Å². The van der Waals surface area contributed by atoms with Crippen molar-refractivity contribution in [3.8, 4) is 5.82 Å². The van der Waals surface area contributed by atoms with E-state index in [2.05, 4.69) is 33.8 Å². The third kappa shape index (κ3) is 2.76. The lowest BCUT2D eigenvalue weighted by atomic mass is 9.72. The lowest BCUT2D eigenvalue weighted by molar-refractivity contribution is 0.0598. The van der Waals surface area contributed by atoms with E-state index in [9.17, 15) is 5.11 Å². The average molecular weight is 316 g/mol. The summed E-state index contributed by atoms with van der Waals surface area (Å²) < 4.78 is 1.65. The predicted octanol–water partition coefficient (Wildman–Crippen LogP) is 1.48. The third-order valence-corrected chi connectivity index (χ3v) is 5.01. The second kappa shape index (κ2) is 6.16. The lowest BCUT2D eigenvalue weighted by Crippen LogP contribution is -2.48. The van der Waals surface area contributed by atoms with E-state index in [0.717, 1.165) is 31.7 Å². The van der Waals surface area contributed by atoms with Crippen LogP contribution in [0.1, 0.15) is 26.7 Å². The number of nitrogen functional groups attached to an aromatic ring is 1. The quantitative estimate of drug-likeness (QED) is 0.887. The number of piperidine rings is 1. The molecule has 3 heterocycles. The van der Waals surface area contributed by atoms with E-state index in [1.165, 1.54) is 6.33 Å². The van der Waals surface area contributed by atoms with Gasteiger partial charge in [0.05, 0.1) is 6.61 Å². The van der Waals surface area contributed by atoms with Gasteiger partial charge in [-0.15, -0.1) is 0 Å². The van der Waals surface area contributed by atoms with E-state index in [0.29, 0.717) is 17.4 Å². The Morgan fingerprint density at radius 2 is 2.13 bits per heavy atom. The van der Waals surface area contributed by atoms with Crippen LogP contribution in [0, 0.1) is 11.3 Å². The second-order valence-electron chi connectivity index (χ2n) is 6.59. The maximum absolute atomic E-state index is 9.95. The molecule has 124 valence electrons. The summed E-state index contributed by atoms with van der Waals surface area (Å²) in [6.45, 7) is 6.14. The van der Waals surface area contributed by atoms with Gasteiger partial charge in [-0.1, -0.05) is 13.8 Å². The van der Waals surface area contributed by atoms with Gasteiger partial charge in [0, 0.05) is 30.9 Å². The van der Waals surface area contributed by atoms with Gasteiger partial charge in [-0.3, -0.25) is 0 Å². The van der Waals surface area contributed by atoms with Crippen molar-refractivity contribution < 1.29 is 5.11 Å². The van der Waals surface area contributed by atoms with Crippen molar-refractivity contribution in [3.63, 3.8) is 0 Å². The number of anilines is 2. The highest BCUT2D eigenvalue weighted by atomic mass is 16.3. The fraction of sp³-hybridized carbons (Fsp3) is 0.562. The highest BCUT2D eigenvalue weighted by Crippen LogP contribution is 2.39. The molecule has 0 bridgehead atoms. The number of aliphatic hydroxyl groups excluding tert-OH is 1. The minimum atomic E-state index is -0.110. The van der Waals surface area contributed by atoms with Crippen molar-refractivity contribution in [2.24, 2.45) is 11.3 Å². The fourth-order valence-electron chi connectivity index (χ4n) is 3.33. The summed E-state index contributed by atoms with van der Waals surface area (Å²) in [7, 11) is 0. The molecule has 2 aromatic heterocycles. The number of aromatic nitrogens is 4. The van der Waals surface area contributed by atoms with Crippen LogP contribution in [0.4, 0.5) is 11.5 Å². The van der Waals surface area contributed by atoms with Gasteiger partial charge < -0.3 is 15.7 Å². The van der Waals surface area contributed by atoms with E-state index in [4.69, 9.17) is 5.73 Å². The Hall–Kier alpha value is -2.15. The van der Waals surface area contributed by atoms with Gasteiger partial charge in [0.25, 0.3) is 0 Å². The summed E-state index contributed by atoms with van der Waals surface area (Å²) >= 11 is 0. The fourth-order valence-corrected chi connectivity index (χ4v) is 3.33. The van der Waals surface area contributed by atoms with E-state index in [-0.39, 0.29) is 12.0 Å². The Balaban J connectivity index is 1.94. The first kappa shape index (κ1) is 15.7. The molecule has 3 N–H and O–H groups in total. The van der Waals surface area contributed by atoms with Gasteiger partial charge in [0.2, 0.25) is 0 Å². The van der Waals surface area contributed by atoms with E-state index in [1.807, 2.05) is 12.3 Å². The maximum atomic E-state index is 9.95. The van der Waals surface area contributed by atoms with Gasteiger partial charge in [-0.05, 0) is 24.8 Å². The summed E-state index contributed by atoms with van der Waals surface area (Å²) in [6, 6.07) is 1.83. The standard InChI is InChI=1S/C16H24N6O/c1-12(2)16(10-23)5-3-7-21(9-16)14-13(17)15(19-11-18-14)22-8-4-6-20-22/h4,6,8,11-12,23H,3,5,7,9-10,17H2,1-2H3. The van der Waals surface area contributed by atoms with E-state index in [1.54, 1.807) is 10.9 Å². The number of nitrogens with two attached hydrogens (primary N) is 1. The van der Waals surface area contributed by atoms with Crippen LogP contribution in [0.25, 0.3) is 5.82 Å². The molecule has 0 aliphatic carbocycles. The lowest BCUT2D eigenvalue weighted by Gasteiger charge is -2.45. The largest absolute Gasteiger partial charge is 0.396 e. The van der Waals surface area contributed by atoms with Crippen molar-refractivity contribution >= 4 is 11.5 Å². The minimum absolute atomic E-state index is 0.110. The van der Waals surface area contributed by atoms with E-state index >= 15 is 0 Å². The number of nitrogens with zero attached hydrogens (tertiary/aromatic N) is 5. The molecular formula is C16H24N6O. The van der Waals surface area contributed by atoms with Crippen molar-refractivity contribution in [1.82, 2.24) is 19.7 Å². The monoisotopic (exact) mass is 316 g/mol. The zero-order chi connectivity index (χ0) is 16.4. The van der Waals surface area contributed by atoms with Gasteiger partial charge in [0.15, 0.2) is 11.6 Å². The van der Waals surface area contributed by atoms with Crippen LogP contribution in [-0.2, 0) is 0 Å². The molecule has 1 aliphatic rings. The number of hydrogen-bond acceptors (Lipinski definition) is 6. The predicted molar refractivity (Wildman–Crippen MR) is 89.4 cm³/mol. The molecule has 0 aromatic carbocycles. The van der Waals surface area contributed by atoms with Crippen LogP contribution in [0.3, 0.4) is 0 Å². The first-order valence-corrected chi connectivity index (χ1v) is 8.04. The van der Waals surface area contributed by atoms with E-state index < -0.39 is 0 Å². The van der Waals surface area contributed by atoms with Gasteiger partial charge >= 0.3 is 0 Å². The van der Waals surface area contributed by atoms with Crippen molar-refractivity contribution in [3.05, 3.63) is 24.8 Å². The molecule has 3 rings (SSSR count). The Morgan fingerprint density at radius 1 is 1.35 bits per heavy atom. The molecule has 1 unspecified atom stereocenters. The van der Waals surface area contributed by atoms with Gasteiger partial charge in [-0.2, -0.15) is 5.10 Å². The first-order valence-electron chi connectivity index (χ1n) is 8.04. The molecule has 1 atom stereocenters. The molecule has 0 spiro atoms. The first-order chi connectivity index (χ1) is 11.1. The van der Waals surface area contributed by atoms with Crippen LogP contribution < -0.4 is 10.6 Å². The number of aliphatic hydroxyl groups is 1. The molecule has 7 heteroatoms. The zero-order valence-electron chi connectivity index (χ0n) is 13.7. The maximum Gasteiger partial charge on any atom is 0.181 e. The van der Waals surface area contributed by atoms with Crippen molar-refractivity contribution in [2.75, 3.05) is 30.3 Å². The van der Waals surface area contributed by atoms with Crippen molar-refractivity contribution in [2.45, 2.75) is 26.7 Å². The van der Waals surface area contributed by atoms with Crippen LogP contribution in [0.15, 0.2) is 24.8 Å². The Labute approximate surface area is 136 Å². The third-order valence-electron chi connectivity index (χ3n) is 5.01. The highest BCUT2D eigenvalue weighted by molar-refractivity contribution is 5.70. The average Bonchev–Trinajstić information content (AvgIpc) is 3.09. The van der Waals surface area contributed by atoms with Crippen LogP contribution in [0.5, 0.6) is 0 Å². The summed E-state index contributed by atoms with van der Waals surface area (Å²) in [6.07, 6.45) is 7.06. The number of rotatable bonds is 4. The smallest absolute Gasteiger partial charge is 0.181 e. The molecule has 0 amide bonds. The minimum Gasteiger partial charge on any atom is -0.396 e. The second-order valence-corrected chi connectivity index (χ2v) is 6.59. The molecule has 1 aliphatic heterocycles. The normalized spacial score (nSPS) is 21.8. The Kier molecular flexibility index (Phi) is 4.21. The Bertz CT molecular complexity index is 657. The summed E-state index contributed by atoms with van der Waals surface area (Å²) in [4.78, 5) is 10.8. The molecule has 1 saturated heterocycles. The van der Waals surface area contributed by atoms with Gasteiger partial charge in [-0.25, -0.2) is 14.6 Å². The molecule has 7 nitrogen and oxygen atoms in total. The summed E-state index contributed by atoms with van der Waals surface area (Å²) in [5.41, 5.74) is 6.73. The SMILES string of the molecule is CC(C)C1(CO)CCCN(c2ncnc(-n3cccn3)c2N)C1. The summed E-state index contributed by atoms with van der Waals surface area (Å²) in [5.74, 6) is 1.71. The molecule has 1 fully saturated rings. The summed E-state index contributed by atoms with van der Waals surface area (Å²) in [5, 5.41) is 14.1. The topological polar surface area (TPSA) is 93.1 Å². The molecule has 2 aromatic rings. The highest BCUT2D eigenvalue weighted by Gasteiger charge is 2.38. The molecular weight excluding hydrogens is 292 g/mol. The zero-order valence-corrected chi connectivity index (χ0v) is 13.7. The molecule has 23 heavy (non-hydrogen) atoms. The van der Waals surface area contributed by atoms with Crippen LogP contribution in [0.2, 0.25) is 0 Å². The molecule has 0 saturated carbocycles. The molecule has 0 radical (unpaired) electrons. The van der Waals surface area contributed by atoms with Crippen LogP contribution >= 0.6 is 0 Å². The Morgan fingerprint density at radius 3 is 2.78 bits per heavy atom.